The number of nitrogens with one attached hydrogen (secondary N) is 2. The fraction of sp³-hybridized carbons (Fsp3) is 0. The van der Waals surface area contributed by atoms with Crippen molar-refractivity contribution >= 4 is 34.7 Å². The highest BCUT2D eigenvalue weighted by molar-refractivity contribution is 7.80. The molecule has 0 spiro atoms. The van der Waals surface area contributed by atoms with Crippen LogP contribution in [0.3, 0.4) is 0 Å². The minimum absolute atomic E-state index is 0.0706. The average Bonchev–Trinajstić information content (AvgIpc) is 2.16. The summed E-state index contributed by atoms with van der Waals surface area (Å²) in [5, 5.41) is 14.8. The fourth-order valence-corrected chi connectivity index (χ4v) is 1.10. The number of carbonyl (C=O) groups is 1. The quantitative estimate of drug-likeness (QED) is 0.405. The molecule has 1 aromatic carbocycles. The second-order valence-electron chi connectivity index (χ2n) is 2.72. The molecule has 0 saturated carbocycles. The van der Waals surface area contributed by atoms with Gasteiger partial charge in [-0.3, -0.25) is 15.4 Å². The number of amides is 2. The van der Waals surface area contributed by atoms with Gasteiger partial charge in [0.2, 0.25) is 0 Å². The van der Waals surface area contributed by atoms with Crippen LogP contribution in [0.15, 0.2) is 24.3 Å². The second-order valence-corrected chi connectivity index (χ2v) is 3.16. The number of hydrogen-bond acceptors (Lipinski definition) is 4. The maximum absolute atomic E-state index is 11.2. The Balaban J connectivity index is 2.84. The highest BCUT2D eigenvalue weighted by atomic mass is 32.1. The van der Waals surface area contributed by atoms with Crippen molar-refractivity contribution in [1.29, 1.82) is 0 Å². The highest BCUT2D eigenvalue weighted by Gasteiger charge is 2.14. The number of nitro benzene ring substituents is 1. The first-order chi connectivity index (χ1) is 7.50. The van der Waals surface area contributed by atoms with Crippen molar-refractivity contribution in [3.8, 4) is 0 Å². The summed E-state index contributed by atoms with van der Waals surface area (Å²) in [6, 6.07) is 5.01. The van der Waals surface area contributed by atoms with E-state index in [1.807, 2.05) is 0 Å². The maximum atomic E-state index is 11.2. The van der Waals surface area contributed by atoms with Gasteiger partial charge >= 0.3 is 6.03 Å². The van der Waals surface area contributed by atoms with Crippen LogP contribution in [0, 0.1) is 10.1 Å². The van der Waals surface area contributed by atoms with E-state index in [4.69, 9.17) is 5.73 Å². The summed E-state index contributed by atoms with van der Waals surface area (Å²) < 4.78 is 0. The number of nitrogens with zero attached hydrogens (tertiary/aromatic N) is 1. The van der Waals surface area contributed by atoms with E-state index in [1.54, 1.807) is 6.07 Å². The summed E-state index contributed by atoms with van der Waals surface area (Å²) in [6.07, 6.45) is 0. The van der Waals surface area contributed by atoms with Gasteiger partial charge in [-0.15, -0.1) is 0 Å². The molecule has 0 aliphatic heterocycles. The molecular formula is C8H8N4O3S. The van der Waals surface area contributed by atoms with E-state index in [-0.39, 0.29) is 16.5 Å². The number of anilines is 1. The normalized spacial score (nSPS) is 9.25. The Morgan fingerprint density at radius 2 is 2.06 bits per heavy atom. The molecule has 16 heavy (non-hydrogen) atoms. The molecule has 0 bridgehead atoms. The standard InChI is InChI=1S/C8H8N4O3S/c9-7(16)11-8(13)10-5-3-1-2-4-6(5)12(14)15/h1-4H,(H4,9,10,11,13,16). The number of rotatable bonds is 2. The Morgan fingerprint density at radius 3 is 2.62 bits per heavy atom. The third-order valence-corrected chi connectivity index (χ3v) is 1.69. The number of benzene rings is 1. The van der Waals surface area contributed by atoms with Crippen molar-refractivity contribution in [2.45, 2.75) is 0 Å². The van der Waals surface area contributed by atoms with Gasteiger partial charge in [-0.25, -0.2) is 4.79 Å². The van der Waals surface area contributed by atoms with Crippen LogP contribution in [0.25, 0.3) is 0 Å². The van der Waals surface area contributed by atoms with E-state index >= 15 is 0 Å². The third kappa shape index (κ3) is 3.17. The smallest absolute Gasteiger partial charge is 0.325 e. The van der Waals surface area contributed by atoms with Crippen LogP contribution >= 0.6 is 12.2 Å². The molecular weight excluding hydrogens is 232 g/mol. The second kappa shape index (κ2) is 5.03. The fourth-order valence-electron chi connectivity index (χ4n) is 1.00. The van der Waals surface area contributed by atoms with E-state index < -0.39 is 11.0 Å². The van der Waals surface area contributed by atoms with Gasteiger partial charge in [0.15, 0.2) is 5.11 Å². The number of urea groups is 1. The minimum Gasteiger partial charge on any atom is -0.376 e. The van der Waals surface area contributed by atoms with E-state index in [0.29, 0.717) is 0 Å². The van der Waals surface area contributed by atoms with Gasteiger partial charge in [-0.2, -0.15) is 0 Å². The Bertz CT molecular complexity index is 449. The van der Waals surface area contributed by atoms with Crippen LogP contribution < -0.4 is 16.4 Å². The zero-order chi connectivity index (χ0) is 12.1. The summed E-state index contributed by atoms with van der Waals surface area (Å²) >= 11 is 4.44. The van der Waals surface area contributed by atoms with Gasteiger partial charge < -0.3 is 11.1 Å². The first-order valence-electron chi connectivity index (χ1n) is 4.11. The molecule has 0 heterocycles. The monoisotopic (exact) mass is 240 g/mol. The zero-order valence-electron chi connectivity index (χ0n) is 7.97. The summed E-state index contributed by atoms with van der Waals surface area (Å²) in [5.74, 6) is 0. The highest BCUT2D eigenvalue weighted by Crippen LogP contribution is 2.22. The van der Waals surface area contributed by atoms with Gasteiger partial charge in [0, 0.05) is 6.07 Å². The van der Waals surface area contributed by atoms with Gasteiger partial charge in [-0.05, 0) is 18.3 Å². The molecule has 0 atom stereocenters. The van der Waals surface area contributed by atoms with Crippen LogP contribution in [-0.4, -0.2) is 16.1 Å². The summed E-state index contributed by atoms with van der Waals surface area (Å²) in [7, 11) is 0. The molecule has 0 aliphatic rings. The van der Waals surface area contributed by atoms with Crippen LogP contribution in [0.2, 0.25) is 0 Å². The lowest BCUT2D eigenvalue weighted by Gasteiger charge is -2.05. The number of nitro groups is 1. The van der Waals surface area contributed by atoms with E-state index in [2.05, 4.69) is 22.9 Å². The minimum atomic E-state index is -0.721. The number of para-hydroxylation sites is 2. The van der Waals surface area contributed by atoms with Crippen molar-refractivity contribution in [2.75, 3.05) is 5.32 Å². The molecule has 0 radical (unpaired) electrons. The van der Waals surface area contributed by atoms with Gasteiger partial charge in [-0.1, -0.05) is 12.1 Å². The molecule has 84 valence electrons. The number of hydrogen-bond donors (Lipinski definition) is 3. The molecule has 0 aliphatic carbocycles. The van der Waals surface area contributed by atoms with Gasteiger partial charge in [0.25, 0.3) is 5.69 Å². The van der Waals surface area contributed by atoms with Gasteiger partial charge in [0.1, 0.15) is 5.69 Å². The summed E-state index contributed by atoms with van der Waals surface area (Å²) in [4.78, 5) is 21.2. The van der Waals surface area contributed by atoms with Gasteiger partial charge in [0.05, 0.1) is 4.92 Å². The molecule has 0 fully saturated rings. The predicted molar refractivity (Wildman–Crippen MR) is 62.0 cm³/mol. The molecule has 2 amide bonds. The topological polar surface area (TPSA) is 110 Å². The lowest BCUT2D eigenvalue weighted by atomic mass is 10.3. The first-order valence-corrected chi connectivity index (χ1v) is 4.52. The van der Waals surface area contributed by atoms with Crippen molar-refractivity contribution in [3.63, 3.8) is 0 Å². The van der Waals surface area contributed by atoms with E-state index in [1.165, 1.54) is 18.2 Å². The molecule has 0 saturated heterocycles. The van der Waals surface area contributed by atoms with Crippen molar-refractivity contribution in [3.05, 3.63) is 34.4 Å². The Morgan fingerprint density at radius 1 is 1.44 bits per heavy atom. The van der Waals surface area contributed by atoms with Crippen LogP contribution in [0.4, 0.5) is 16.2 Å². The molecule has 4 N–H and O–H groups in total. The number of carbonyl (C=O) groups excluding carboxylic acids is 1. The first kappa shape index (κ1) is 11.9. The Labute approximate surface area is 95.8 Å². The Hall–Kier alpha value is -2.22. The summed E-state index contributed by atoms with van der Waals surface area (Å²) in [5.41, 5.74) is 4.93. The molecule has 1 rings (SSSR count). The van der Waals surface area contributed by atoms with E-state index in [0.717, 1.165) is 0 Å². The van der Waals surface area contributed by atoms with Crippen molar-refractivity contribution in [2.24, 2.45) is 5.73 Å². The lowest BCUT2D eigenvalue weighted by molar-refractivity contribution is -0.383. The molecule has 0 aromatic heterocycles. The number of nitrogens with two attached hydrogens (primary N) is 1. The summed E-state index contributed by atoms with van der Waals surface area (Å²) in [6.45, 7) is 0. The lowest BCUT2D eigenvalue weighted by Crippen LogP contribution is -2.37. The van der Waals surface area contributed by atoms with Crippen LogP contribution in [0.5, 0.6) is 0 Å². The molecule has 0 unspecified atom stereocenters. The molecule has 7 nitrogen and oxygen atoms in total. The zero-order valence-corrected chi connectivity index (χ0v) is 8.78. The molecule has 1 aromatic rings. The van der Waals surface area contributed by atoms with Crippen LogP contribution in [0.1, 0.15) is 0 Å². The van der Waals surface area contributed by atoms with Crippen LogP contribution in [-0.2, 0) is 0 Å². The van der Waals surface area contributed by atoms with E-state index in [9.17, 15) is 14.9 Å². The SMILES string of the molecule is NC(=S)NC(=O)Nc1ccccc1[N+](=O)[O-]. The Kier molecular flexibility index (Phi) is 3.72. The largest absolute Gasteiger partial charge is 0.376 e. The third-order valence-electron chi connectivity index (χ3n) is 1.59. The number of thiocarbonyl (C=S) groups is 1. The molecule has 8 heteroatoms. The van der Waals surface area contributed by atoms with Crippen molar-refractivity contribution in [1.82, 2.24) is 5.32 Å². The maximum Gasteiger partial charge on any atom is 0.325 e. The van der Waals surface area contributed by atoms with Crippen molar-refractivity contribution < 1.29 is 9.72 Å². The predicted octanol–water partition coefficient (Wildman–Crippen LogP) is 0.960. The average molecular weight is 240 g/mol.